The van der Waals surface area contributed by atoms with Crippen molar-refractivity contribution < 1.29 is 0 Å². The van der Waals surface area contributed by atoms with Crippen LogP contribution in [0.2, 0.25) is 0 Å². The van der Waals surface area contributed by atoms with E-state index in [1.54, 1.807) is 11.8 Å². The van der Waals surface area contributed by atoms with Gasteiger partial charge in [-0.2, -0.15) is 0 Å². The van der Waals surface area contributed by atoms with Gasteiger partial charge in [-0.05, 0) is 28.8 Å². The SMILES string of the molecule is Nc1ccccc1SCc1ccc(-c2ccccc2)cc1. The minimum absolute atomic E-state index is 0.850. The quantitative estimate of drug-likeness (QED) is 0.526. The molecule has 0 unspecified atom stereocenters. The Morgan fingerprint density at radius 1 is 0.667 bits per heavy atom. The number of thioether (sulfide) groups is 1. The highest BCUT2D eigenvalue weighted by atomic mass is 32.2. The Morgan fingerprint density at radius 2 is 1.29 bits per heavy atom. The molecule has 3 aromatic carbocycles. The molecule has 3 rings (SSSR count). The van der Waals surface area contributed by atoms with Crippen molar-refractivity contribution in [2.75, 3.05) is 5.73 Å². The largest absolute Gasteiger partial charge is 0.398 e. The molecule has 0 saturated heterocycles. The number of benzene rings is 3. The lowest BCUT2D eigenvalue weighted by Gasteiger charge is -2.06. The van der Waals surface area contributed by atoms with Crippen LogP contribution in [0, 0.1) is 0 Å². The summed E-state index contributed by atoms with van der Waals surface area (Å²) in [5, 5.41) is 0. The van der Waals surface area contributed by atoms with Crippen molar-refractivity contribution in [2.24, 2.45) is 0 Å². The molecule has 0 aliphatic rings. The first kappa shape index (κ1) is 13.8. The lowest BCUT2D eigenvalue weighted by molar-refractivity contribution is 1.38. The third kappa shape index (κ3) is 3.47. The highest BCUT2D eigenvalue weighted by Crippen LogP contribution is 2.28. The second kappa shape index (κ2) is 6.51. The highest BCUT2D eigenvalue weighted by molar-refractivity contribution is 7.98. The van der Waals surface area contributed by atoms with Gasteiger partial charge in [-0.15, -0.1) is 11.8 Å². The van der Waals surface area contributed by atoms with Crippen molar-refractivity contribution in [1.82, 2.24) is 0 Å². The molecular formula is C19H17NS. The number of rotatable bonds is 4. The van der Waals surface area contributed by atoms with Crippen LogP contribution in [-0.2, 0) is 5.75 Å². The minimum atomic E-state index is 0.850. The fraction of sp³-hybridized carbons (Fsp3) is 0.0526. The molecule has 0 spiro atoms. The van der Waals surface area contributed by atoms with E-state index >= 15 is 0 Å². The fourth-order valence-corrected chi connectivity index (χ4v) is 3.12. The van der Waals surface area contributed by atoms with E-state index in [1.807, 2.05) is 24.3 Å². The van der Waals surface area contributed by atoms with E-state index in [-0.39, 0.29) is 0 Å². The maximum Gasteiger partial charge on any atom is 0.0452 e. The first-order valence-corrected chi connectivity index (χ1v) is 7.93. The van der Waals surface area contributed by atoms with Crippen LogP contribution in [0.5, 0.6) is 0 Å². The Kier molecular flexibility index (Phi) is 4.27. The van der Waals surface area contributed by atoms with E-state index in [1.165, 1.54) is 16.7 Å². The Morgan fingerprint density at radius 3 is 2.00 bits per heavy atom. The highest BCUT2D eigenvalue weighted by Gasteiger charge is 2.01. The van der Waals surface area contributed by atoms with E-state index in [2.05, 4.69) is 54.6 Å². The summed E-state index contributed by atoms with van der Waals surface area (Å²) < 4.78 is 0. The van der Waals surface area contributed by atoms with Crippen LogP contribution in [0.25, 0.3) is 11.1 Å². The van der Waals surface area contributed by atoms with E-state index in [9.17, 15) is 0 Å². The summed E-state index contributed by atoms with van der Waals surface area (Å²) in [7, 11) is 0. The summed E-state index contributed by atoms with van der Waals surface area (Å²) >= 11 is 1.78. The third-order valence-corrected chi connectivity index (χ3v) is 4.53. The van der Waals surface area contributed by atoms with Crippen LogP contribution in [0.4, 0.5) is 5.69 Å². The summed E-state index contributed by atoms with van der Waals surface area (Å²) in [6.45, 7) is 0. The molecular weight excluding hydrogens is 274 g/mol. The van der Waals surface area contributed by atoms with Crippen molar-refractivity contribution in [3.63, 3.8) is 0 Å². The molecule has 0 aromatic heterocycles. The van der Waals surface area contributed by atoms with E-state index in [0.29, 0.717) is 0 Å². The van der Waals surface area contributed by atoms with Gasteiger partial charge < -0.3 is 5.73 Å². The lowest BCUT2D eigenvalue weighted by atomic mass is 10.0. The standard InChI is InChI=1S/C19H17NS/c20-18-8-4-5-9-19(18)21-14-15-10-12-17(13-11-15)16-6-2-1-3-7-16/h1-13H,14,20H2. The Hall–Kier alpha value is -2.19. The van der Waals surface area contributed by atoms with Crippen LogP contribution in [-0.4, -0.2) is 0 Å². The van der Waals surface area contributed by atoms with Crippen molar-refractivity contribution in [1.29, 1.82) is 0 Å². The van der Waals surface area contributed by atoms with Gasteiger partial charge in [-0.25, -0.2) is 0 Å². The maximum atomic E-state index is 5.96. The molecule has 0 amide bonds. The molecule has 0 atom stereocenters. The zero-order valence-corrected chi connectivity index (χ0v) is 12.5. The first-order chi connectivity index (χ1) is 10.3. The average molecular weight is 291 g/mol. The van der Waals surface area contributed by atoms with Crippen molar-refractivity contribution in [3.8, 4) is 11.1 Å². The molecule has 0 bridgehead atoms. The monoisotopic (exact) mass is 291 g/mol. The van der Waals surface area contributed by atoms with Gasteiger partial charge in [0, 0.05) is 16.3 Å². The zero-order chi connectivity index (χ0) is 14.5. The fourth-order valence-electron chi connectivity index (χ4n) is 2.20. The van der Waals surface area contributed by atoms with Gasteiger partial charge in [-0.1, -0.05) is 66.7 Å². The molecule has 0 aliphatic carbocycles. The molecule has 1 nitrogen and oxygen atoms in total. The molecule has 2 N–H and O–H groups in total. The lowest BCUT2D eigenvalue weighted by Crippen LogP contribution is -1.88. The van der Waals surface area contributed by atoms with E-state index < -0.39 is 0 Å². The van der Waals surface area contributed by atoms with E-state index in [0.717, 1.165) is 16.3 Å². The predicted molar refractivity (Wildman–Crippen MR) is 92.3 cm³/mol. The summed E-state index contributed by atoms with van der Waals surface area (Å²) in [4.78, 5) is 1.14. The predicted octanol–water partition coefficient (Wildman–Crippen LogP) is 5.23. The summed E-state index contributed by atoms with van der Waals surface area (Å²) in [6.07, 6.45) is 0. The second-order valence-corrected chi connectivity index (χ2v) is 5.91. The van der Waals surface area contributed by atoms with Gasteiger partial charge >= 0.3 is 0 Å². The zero-order valence-electron chi connectivity index (χ0n) is 11.7. The summed E-state index contributed by atoms with van der Waals surface area (Å²) in [5.41, 5.74) is 10.6. The molecule has 0 radical (unpaired) electrons. The number of nitrogens with two attached hydrogens (primary N) is 1. The Balaban J connectivity index is 1.69. The maximum absolute atomic E-state index is 5.96. The Bertz CT molecular complexity index is 705. The topological polar surface area (TPSA) is 26.0 Å². The molecule has 0 saturated carbocycles. The van der Waals surface area contributed by atoms with Crippen molar-refractivity contribution in [3.05, 3.63) is 84.4 Å². The summed E-state index contributed by atoms with van der Waals surface area (Å²) in [5.74, 6) is 0.934. The average Bonchev–Trinajstić information content (AvgIpc) is 2.55. The van der Waals surface area contributed by atoms with Gasteiger partial charge in [0.25, 0.3) is 0 Å². The van der Waals surface area contributed by atoms with Gasteiger partial charge in [0.2, 0.25) is 0 Å². The van der Waals surface area contributed by atoms with Crippen molar-refractivity contribution >= 4 is 17.4 Å². The summed E-state index contributed by atoms with van der Waals surface area (Å²) in [6, 6.07) is 27.2. The van der Waals surface area contributed by atoms with Gasteiger partial charge in [0.15, 0.2) is 0 Å². The van der Waals surface area contributed by atoms with Gasteiger partial charge in [0.1, 0.15) is 0 Å². The van der Waals surface area contributed by atoms with Gasteiger partial charge in [0.05, 0.1) is 0 Å². The van der Waals surface area contributed by atoms with Crippen LogP contribution < -0.4 is 5.73 Å². The third-order valence-electron chi connectivity index (χ3n) is 3.37. The number of anilines is 1. The van der Waals surface area contributed by atoms with Gasteiger partial charge in [-0.3, -0.25) is 0 Å². The smallest absolute Gasteiger partial charge is 0.0452 e. The first-order valence-electron chi connectivity index (χ1n) is 6.94. The second-order valence-electron chi connectivity index (χ2n) is 4.89. The number of hydrogen-bond donors (Lipinski definition) is 1. The minimum Gasteiger partial charge on any atom is -0.398 e. The van der Waals surface area contributed by atoms with Crippen LogP contribution in [0.15, 0.2) is 83.8 Å². The molecule has 0 fully saturated rings. The number of hydrogen-bond acceptors (Lipinski definition) is 2. The van der Waals surface area contributed by atoms with Crippen molar-refractivity contribution in [2.45, 2.75) is 10.6 Å². The number of nitrogen functional groups attached to an aromatic ring is 1. The molecule has 104 valence electrons. The molecule has 0 heterocycles. The van der Waals surface area contributed by atoms with Crippen LogP contribution >= 0.6 is 11.8 Å². The molecule has 21 heavy (non-hydrogen) atoms. The molecule has 2 heteroatoms. The normalized spacial score (nSPS) is 10.5. The Labute approximate surface area is 129 Å². The van der Waals surface area contributed by atoms with E-state index in [4.69, 9.17) is 5.73 Å². The van der Waals surface area contributed by atoms with Crippen LogP contribution in [0.1, 0.15) is 5.56 Å². The molecule has 3 aromatic rings. The molecule has 0 aliphatic heterocycles. The number of para-hydroxylation sites is 1. The van der Waals surface area contributed by atoms with Crippen LogP contribution in [0.3, 0.4) is 0 Å².